The molecule has 1 aliphatic rings. The number of fused-ring (bicyclic) bond motifs is 3. The molecule has 0 aliphatic carbocycles. The van der Waals surface area contributed by atoms with E-state index in [4.69, 9.17) is 9.47 Å². The van der Waals surface area contributed by atoms with Crippen LogP contribution in [-0.2, 0) is 4.79 Å². The highest BCUT2D eigenvalue weighted by atomic mass is 16.5. The van der Waals surface area contributed by atoms with Crippen molar-refractivity contribution in [1.29, 1.82) is 0 Å². The van der Waals surface area contributed by atoms with E-state index in [1.54, 1.807) is 7.11 Å². The zero-order valence-electron chi connectivity index (χ0n) is 13.7. The van der Waals surface area contributed by atoms with Crippen LogP contribution in [0.2, 0.25) is 0 Å². The maximum Gasteiger partial charge on any atom is 0.220 e. The van der Waals surface area contributed by atoms with E-state index in [-0.39, 0.29) is 11.8 Å². The van der Waals surface area contributed by atoms with Gasteiger partial charge in [0, 0.05) is 24.4 Å². The molecule has 2 aromatic carbocycles. The Morgan fingerprint density at radius 3 is 2.96 bits per heavy atom. The van der Waals surface area contributed by atoms with E-state index in [0.717, 1.165) is 29.7 Å². The topological polar surface area (TPSA) is 47.6 Å². The summed E-state index contributed by atoms with van der Waals surface area (Å²) >= 11 is 0. The Hall–Kier alpha value is -2.23. The normalized spacial score (nSPS) is 16.5. The van der Waals surface area contributed by atoms with Gasteiger partial charge in [0.2, 0.25) is 5.91 Å². The van der Waals surface area contributed by atoms with Crippen molar-refractivity contribution < 1.29 is 14.3 Å². The Labute approximate surface area is 136 Å². The van der Waals surface area contributed by atoms with Gasteiger partial charge in [-0.1, -0.05) is 19.1 Å². The second-order valence-corrected chi connectivity index (χ2v) is 5.95. The minimum Gasteiger partial charge on any atom is -0.497 e. The molecule has 4 nitrogen and oxygen atoms in total. The maximum atomic E-state index is 11.8. The molecular weight excluding hydrogens is 290 g/mol. The molecule has 1 atom stereocenters. The number of amides is 1. The van der Waals surface area contributed by atoms with Gasteiger partial charge in [0.1, 0.15) is 11.5 Å². The number of rotatable bonds is 5. The minimum absolute atomic E-state index is 0.123. The number of hydrogen-bond donors (Lipinski definition) is 1. The van der Waals surface area contributed by atoms with Gasteiger partial charge in [-0.3, -0.25) is 4.79 Å². The molecular formula is C19H23NO3. The van der Waals surface area contributed by atoms with Gasteiger partial charge in [0.25, 0.3) is 0 Å². The summed E-state index contributed by atoms with van der Waals surface area (Å²) < 4.78 is 11.2. The van der Waals surface area contributed by atoms with Crippen molar-refractivity contribution in [3.8, 4) is 11.5 Å². The Balaban J connectivity index is 1.95. The van der Waals surface area contributed by atoms with E-state index in [0.29, 0.717) is 19.6 Å². The first-order valence-electron chi connectivity index (χ1n) is 8.23. The van der Waals surface area contributed by atoms with Gasteiger partial charge in [-0.2, -0.15) is 0 Å². The van der Waals surface area contributed by atoms with Gasteiger partial charge in [0.15, 0.2) is 0 Å². The van der Waals surface area contributed by atoms with Gasteiger partial charge < -0.3 is 14.8 Å². The van der Waals surface area contributed by atoms with E-state index in [1.807, 2.05) is 19.1 Å². The average molecular weight is 313 g/mol. The zero-order chi connectivity index (χ0) is 16.2. The van der Waals surface area contributed by atoms with Crippen molar-refractivity contribution in [2.24, 2.45) is 0 Å². The fourth-order valence-electron chi connectivity index (χ4n) is 3.19. The van der Waals surface area contributed by atoms with Gasteiger partial charge >= 0.3 is 0 Å². The van der Waals surface area contributed by atoms with Gasteiger partial charge in [0.05, 0.1) is 13.7 Å². The van der Waals surface area contributed by atoms with E-state index < -0.39 is 0 Å². The Bertz CT molecular complexity index is 706. The summed E-state index contributed by atoms with van der Waals surface area (Å²) in [5, 5.41) is 5.38. The predicted octanol–water partition coefficient (Wildman–Crippen LogP) is 3.63. The molecule has 4 heteroatoms. The lowest BCUT2D eigenvalue weighted by molar-refractivity contribution is -0.121. The van der Waals surface area contributed by atoms with Crippen molar-refractivity contribution in [2.45, 2.75) is 32.1 Å². The fourth-order valence-corrected chi connectivity index (χ4v) is 3.19. The lowest BCUT2D eigenvalue weighted by Crippen LogP contribution is -2.30. The standard InChI is InChI=1S/C19H23NO3/c1-3-4-18(21)20-12-14-9-10-23-17-8-6-13-5-7-15(22-2)11-16(13)19(14)17/h5-8,11,14H,3-4,9-10,12H2,1-2H3,(H,20,21). The molecule has 1 N–H and O–H groups in total. The summed E-state index contributed by atoms with van der Waals surface area (Å²) in [7, 11) is 1.68. The molecule has 0 radical (unpaired) electrons. The average Bonchev–Trinajstić information content (AvgIpc) is 2.59. The van der Waals surface area contributed by atoms with Crippen LogP contribution in [0, 0.1) is 0 Å². The molecule has 1 aliphatic heterocycles. The van der Waals surface area contributed by atoms with Gasteiger partial charge in [-0.25, -0.2) is 0 Å². The third-order valence-corrected chi connectivity index (χ3v) is 4.39. The van der Waals surface area contributed by atoms with Crippen LogP contribution in [0.25, 0.3) is 10.8 Å². The first-order valence-corrected chi connectivity index (χ1v) is 8.23. The molecule has 0 saturated heterocycles. The first kappa shape index (κ1) is 15.7. The fraction of sp³-hybridized carbons (Fsp3) is 0.421. The Morgan fingerprint density at radius 1 is 1.35 bits per heavy atom. The molecule has 23 heavy (non-hydrogen) atoms. The van der Waals surface area contributed by atoms with Gasteiger partial charge in [-0.15, -0.1) is 0 Å². The molecule has 3 rings (SSSR count). The minimum atomic E-state index is 0.123. The number of carbonyl (C=O) groups excluding carboxylic acids is 1. The van der Waals surface area contributed by atoms with Crippen LogP contribution in [0.4, 0.5) is 0 Å². The lowest BCUT2D eigenvalue weighted by Gasteiger charge is -2.27. The highest BCUT2D eigenvalue weighted by Crippen LogP contribution is 2.39. The SMILES string of the molecule is CCCC(=O)NCC1CCOc2ccc3ccc(OC)cc3c21. The van der Waals surface area contributed by atoms with Gasteiger partial charge in [-0.05, 0) is 41.8 Å². The highest BCUT2D eigenvalue weighted by Gasteiger charge is 2.24. The summed E-state index contributed by atoms with van der Waals surface area (Å²) in [4.78, 5) is 11.8. The summed E-state index contributed by atoms with van der Waals surface area (Å²) in [5.41, 5.74) is 1.18. The smallest absolute Gasteiger partial charge is 0.220 e. The monoisotopic (exact) mass is 313 g/mol. The Kier molecular flexibility index (Phi) is 4.70. The molecule has 0 spiro atoms. The Morgan fingerprint density at radius 2 is 2.17 bits per heavy atom. The van der Waals surface area contributed by atoms with Crippen LogP contribution >= 0.6 is 0 Å². The number of hydrogen-bond acceptors (Lipinski definition) is 3. The van der Waals surface area contributed by atoms with Crippen LogP contribution in [0.5, 0.6) is 11.5 Å². The van der Waals surface area contributed by atoms with Crippen molar-refractivity contribution in [3.63, 3.8) is 0 Å². The number of nitrogens with one attached hydrogen (secondary N) is 1. The van der Waals surface area contributed by atoms with Crippen LogP contribution in [0.3, 0.4) is 0 Å². The van der Waals surface area contributed by atoms with E-state index in [2.05, 4.69) is 23.5 Å². The summed E-state index contributed by atoms with van der Waals surface area (Å²) in [6.07, 6.45) is 2.37. The number of carbonyl (C=O) groups is 1. The summed E-state index contributed by atoms with van der Waals surface area (Å²) in [6.45, 7) is 3.37. The second kappa shape index (κ2) is 6.90. The van der Waals surface area contributed by atoms with Crippen molar-refractivity contribution in [1.82, 2.24) is 5.32 Å². The molecule has 2 aromatic rings. The maximum absolute atomic E-state index is 11.8. The predicted molar refractivity (Wildman–Crippen MR) is 91.3 cm³/mol. The van der Waals surface area contributed by atoms with Crippen molar-refractivity contribution in [2.75, 3.05) is 20.3 Å². The number of methoxy groups -OCH3 is 1. The van der Waals surface area contributed by atoms with Crippen molar-refractivity contribution in [3.05, 3.63) is 35.9 Å². The van der Waals surface area contributed by atoms with Crippen LogP contribution in [0.15, 0.2) is 30.3 Å². The molecule has 122 valence electrons. The quantitative estimate of drug-likeness (QED) is 0.917. The second-order valence-electron chi connectivity index (χ2n) is 5.95. The van der Waals surface area contributed by atoms with E-state index in [1.165, 1.54) is 10.9 Å². The lowest BCUT2D eigenvalue weighted by atomic mass is 9.88. The number of benzene rings is 2. The molecule has 1 amide bonds. The highest BCUT2D eigenvalue weighted by molar-refractivity contribution is 5.90. The number of ether oxygens (including phenoxy) is 2. The van der Waals surface area contributed by atoms with E-state index in [9.17, 15) is 4.79 Å². The van der Waals surface area contributed by atoms with Crippen molar-refractivity contribution >= 4 is 16.7 Å². The van der Waals surface area contributed by atoms with Crippen LogP contribution in [0.1, 0.15) is 37.7 Å². The molecule has 0 bridgehead atoms. The molecule has 1 heterocycles. The van der Waals surface area contributed by atoms with E-state index >= 15 is 0 Å². The summed E-state index contributed by atoms with van der Waals surface area (Å²) in [5.74, 6) is 2.16. The molecule has 0 fully saturated rings. The summed E-state index contributed by atoms with van der Waals surface area (Å²) in [6, 6.07) is 10.2. The largest absolute Gasteiger partial charge is 0.497 e. The van der Waals surface area contributed by atoms with Crippen LogP contribution in [-0.4, -0.2) is 26.2 Å². The third kappa shape index (κ3) is 3.26. The molecule has 1 unspecified atom stereocenters. The third-order valence-electron chi connectivity index (χ3n) is 4.39. The molecule has 0 aromatic heterocycles. The van der Waals surface area contributed by atoms with Crippen LogP contribution < -0.4 is 14.8 Å². The molecule has 0 saturated carbocycles. The zero-order valence-corrected chi connectivity index (χ0v) is 13.7. The first-order chi connectivity index (χ1) is 11.2.